The van der Waals surface area contributed by atoms with Crippen molar-refractivity contribution in [1.29, 1.82) is 0 Å². The second-order valence-corrected chi connectivity index (χ2v) is 4.64. The van der Waals surface area contributed by atoms with Gasteiger partial charge in [-0.2, -0.15) is 0 Å². The highest BCUT2D eigenvalue weighted by atomic mass is 79.9. The number of hydrogen-bond donors (Lipinski definition) is 2. The predicted molar refractivity (Wildman–Crippen MR) is 66.0 cm³/mol. The molecular weight excluding hydrogens is 278 g/mol. The van der Waals surface area contributed by atoms with Crippen molar-refractivity contribution in [2.45, 2.75) is 0 Å². The average molecular weight is 286 g/mol. The first-order valence-corrected chi connectivity index (χ1v) is 6.12. The molecule has 0 fully saturated rings. The Morgan fingerprint density at radius 1 is 1.27 bits per heavy atom. The standard InChI is InChI=1S/C10H8BrNO2S/c11-8-5-4-7-2-1-3-10(9(7)6-8)12-15(13)14/h1-6,12H,(H,13,14). The maximum Gasteiger partial charge on any atom is 0.259 e. The van der Waals surface area contributed by atoms with Gasteiger partial charge in [-0.25, -0.2) is 4.21 Å². The van der Waals surface area contributed by atoms with E-state index in [1.54, 1.807) is 6.07 Å². The van der Waals surface area contributed by atoms with E-state index in [-0.39, 0.29) is 0 Å². The van der Waals surface area contributed by atoms with Crippen molar-refractivity contribution in [3.8, 4) is 0 Å². The van der Waals surface area contributed by atoms with Gasteiger partial charge in [0.05, 0.1) is 5.69 Å². The number of fused-ring (bicyclic) bond motifs is 1. The fourth-order valence-corrected chi connectivity index (χ4v) is 2.16. The van der Waals surface area contributed by atoms with Crippen LogP contribution in [0.25, 0.3) is 10.8 Å². The zero-order chi connectivity index (χ0) is 10.8. The molecule has 2 aromatic rings. The summed E-state index contributed by atoms with van der Waals surface area (Å²) in [7, 11) is 0. The molecule has 0 aliphatic rings. The molecule has 0 aromatic heterocycles. The summed E-state index contributed by atoms with van der Waals surface area (Å²) >= 11 is 1.32. The molecule has 1 atom stereocenters. The molecule has 0 aliphatic heterocycles. The number of hydrogen-bond acceptors (Lipinski definition) is 1. The third-order valence-electron chi connectivity index (χ3n) is 2.04. The SMILES string of the molecule is O=S(O)Nc1cccc2ccc(Br)cc12. The molecule has 0 spiro atoms. The normalized spacial score (nSPS) is 12.7. The Balaban J connectivity index is 2.63. The summed E-state index contributed by atoms with van der Waals surface area (Å²) in [6.07, 6.45) is 0. The summed E-state index contributed by atoms with van der Waals surface area (Å²) in [6, 6.07) is 11.3. The lowest BCUT2D eigenvalue weighted by atomic mass is 10.1. The van der Waals surface area contributed by atoms with Gasteiger partial charge in [-0.1, -0.05) is 34.1 Å². The molecule has 2 N–H and O–H groups in total. The van der Waals surface area contributed by atoms with Gasteiger partial charge in [0.2, 0.25) is 0 Å². The maximum atomic E-state index is 10.7. The van der Waals surface area contributed by atoms with E-state index in [1.165, 1.54) is 0 Å². The van der Waals surface area contributed by atoms with E-state index >= 15 is 0 Å². The van der Waals surface area contributed by atoms with Gasteiger partial charge >= 0.3 is 0 Å². The highest BCUT2D eigenvalue weighted by molar-refractivity contribution is 9.10. The second kappa shape index (κ2) is 4.30. The number of benzene rings is 2. The molecule has 0 saturated heterocycles. The lowest BCUT2D eigenvalue weighted by Gasteiger charge is -2.06. The fourth-order valence-electron chi connectivity index (χ4n) is 1.43. The monoisotopic (exact) mass is 285 g/mol. The molecular formula is C10H8BrNO2S. The van der Waals surface area contributed by atoms with Gasteiger partial charge in [0.1, 0.15) is 0 Å². The second-order valence-electron chi connectivity index (χ2n) is 3.02. The quantitative estimate of drug-likeness (QED) is 0.833. The molecule has 2 rings (SSSR count). The summed E-state index contributed by atoms with van der Waals surface area (Å²) in [5.74, 6) is 0. The Morgan fingerprint density at radius 2 is 2.07 bits per heavy atom. The Morgan fingerprint density at radius 3 is 2.80 bits per heavy atom. The van der Waals surface area contributed by atoms with Crippen LogP contribution in [0.2, 0.25) is 0 Å². The van der Waals surface area contributed by atoms with Crippen molar-refractivity contribution in [3.63, 3.8) is 0 Å². The Bertz CT molecular complexity index is 530. The highest BCUT2D eigenvalue weighted by Crippen LogP contribution is 2.26. The van der Waals surface area contributed by atoms with Gasteiger partial charge in [-0.15, -0.1) is 0 Å². The summed E-state index contributed by atoms with van der Waals surface area (Å²) in [4.78, 5) is 0. The van der Waals surface area contributed by atoms with Gasteiger partial charge < -0.3 is 0 Å². The lowest BCUT2D eigenvalue weighted by Crippen LogP contribution is -2.01. The minimum Gasteiger partial charge on any atom is -0.289 e. The van der Waals surface area contributed by atoms with Crippen LogP contribution in [0.1, 0.15) is 0 Å². The predicted octanol–water partition coefficient (Wildman–Crippen LogP) is 3.15. The molecule has 0 amide bonds. The van der Waals surface area contributed by atoms with E-state index in [2.05, 4.69) is 20.7 Å². The van der Waals surface area contributed by atoms with Gasteiger partial charge in [0, 0.05) is 9.86 Å². The molecule has 0 heterocycles. The number of rotatable bonds is 2. The number of halogens is 1. The van der Waals surface area contributed by atoms with Gasteiger partial charge in [0.15, 0.2) is 0 Å². The first kappa shape index (κ1) is 10.6. The van der Waals surface area contributed by atoms with Crippen LogP contribution in [0.4, 0.5) is 5.69 Å². The molecule has 0 radical (unpaired) electrons. The van der Waals surface area contributed by atoms with Crippen LogP contribution in [-0.2, 0) is 11.3 Å². The number of anilines is 1. The first-order valence-electron chi connectivity index (χ1n) is 4.22. The van der Waals surface area contributed by atoms with Crippen molar-refractivity contribution < 1.29 is 8.76 Å². The molecule has 1 unspecified atom stereocenters. The van der Waals surface area contributed by atoms with Crippen LogP contribution in [0.15, 0.2) is 40.9 Å². The van der Waals surface area contributed by atoms with Gasteiger partial charge in [-0.05, 0) is 23.6 Å². The largest absolute Gasteiger partial charge is 0.289 e. The molecule has 0 bridgehead atoms. The molecule has 5 heteroatoms. The van der Waals surface area contributed by atoms with E-state index < -0.39 is 11.3 Å². The third-order valence-corrected chi connectivity index (χ3v) is 2.93. The highest BCUT2D eigenvalue weighted by Gasteiger charge is 2.02. The van der Waals surface area contributed by atoms with Crippen molar-refractivity contribution in [2.75, 3.05) is 4.72 Å². The number of nitrogens with one attached hydrogen (secondary N) is 1. The van der Waals surface area contributed by atoms with Crippen LogP contribution < -0.4 is 4.72 Å². The molecule has 0 aliphatic carbocycles. The fraction of sp³-hybridized carbons (Fsp3) is 0. The van der Waals surface area contributed by atoms with Crippen molar-refractivity contribution >= 4 is 43.7 Å². The Kier molecular flexibility index (Phi) is 3.04. The Labute approximate surface area is 98.0 Å². The van der Waals surface area contributed by atoms with E-state index in [1.807, 2.05) is 30.3 Å². The summed E-state index contributed by atoms with van der Waals surface area (Å²) < 4.78 is 22.9. The van der Waals surface area contributed by atoms with E-state index in [9.17, 15) is 4.21 Å². The maximum absolute atomic E-state index is 10.7. The van der Waals surface area contributed by atoms with Crippen LogP contribution in [0, 0.1) is 0 Å². The van der Waals surface area contributed by atoms with Crippen LogP contribution in [0.5, 0.6) is 0 Å². The molecule has 2 aromatic carbocycles. The van der Waals surface area contributed by atoms with Crippen molar-refractivity contribution in [1.82, 2.24) is 0 Å². The van der Waals surface area contributed by atoms with Crippen molar-refractivity contribution in [2.24, 2.45) is 0 Å². The van der Waals surface area contributed by atoms with E-state index in [4.69, 9.17) is 4.55 Å². The van der Waals surface area contributed by atoms with E-state index in [0.29, 0.717) is 5.69 Å². The minimum atomic E-state index is -2.04. The van der Waals surface area contributed by atoms with Gasteiger partial charge in [0.25, 0.3) is 11.3 Å². The smallest absolute Gasteiger partial charge is 0.259 e. The molecule has 15 heavy (non-hydrogen) atoms. The zero-order valence-corrected chi connectivity index (χ0v) is 10.0. The van der Waals surface area contributed by atoms with Gasteiger partial charge in [-0.3, -0.25) is 9.27 Å². The molecule has 78 valence electrons. The zero-order valence-electron chi connectivity index (χ0n) is 7.61. The Hall–Kier alpha value is -0.910. The minimum absolute atomic E-state index is 0.648. The van der Waals surface area contributed by atoms with Crippen LogP contribution >= 0.6 is 15.9 Å². The summed E-state index contributed by atoms with van der Waals surface area (Å²) in [5, 5.41) is 1.93. The van der Waals surface area contributed by atoms with E-state index in [0.717, 1.165) is 15.2 Å². The van der Waals surface area contributed by atoms with Crippen molar-refractivity contribution in [3.05, 3.63) is 40.9 Å². The lowest BCUT2D eigenvalue weighted by molar-refractivity contribution is 0.570. The topological polar surface area (TPSA) is 49.3 Å². The molecule has 0 saturated carbocycles. The summed E-state index contributed by atoms with van der Waals surface area (Å²) in [6.45, 7) is 0. The van der Waals surface area contributed by atoms with Crippen LogP contribution in [0.3, 0.4) is 0 Å². The molecule has 3 nitrogen and oxygen atoms in total. The summed E-state index contributed by atoms with van der Waals surface area (Å²) in [5.41, 5.74) is 0.648. The third kappa shape index (κ3) is 2.37. The van der Waals surface area contributed by atoms with Crippen LogP contribution in [-0.4, -0.2) is 8.76 Å². The first-order chi connectivity index (χ1) is 7.16. The average Bonchev–Trinajstić information content (AvgIpc) is 2.18.